The van der Waals surface area contributed by atoms with Gasteiger partial charge in [-0.25, -0.2) is 9.07 Å². The highest BCUT2D eigenvalue weighted by Crippen LogP contribution is 2.16. The molecule has 2 N–H and O–H groups in total. The van der Waals surface area contributed by atoms with Crippen LogP contribution in [0.25, 0.3) is 5.69 Å². The third-order valence-corrected chi connectivity index (χ3v) is 3.91. The van der Waals surface area contributed by atoms with E-state index in [1.54, 1.807) is 29.1 Å². The molecular formula is C20H21FN4O2. The van der Waals surface area contributed by atoms with Gasteiger partial charge in [-0.1, -0.05) is 12.1 Å². The first-order valence-corrected chi connectivity index (χ1v) is 8.47. The van der Waals surface area contributed by atoms with Crippen LogP contribution in [0, 0.1) is 5.82 Å². The van der Waals surface area contributed by atoms with Crippen LogP contribution in [0.15, 0.2) is 60.9 Å². The van der Waals surface area contributed by atoms with Crippen molar-refractivity contribution in [3.05, 3.63) is 77.9 Å². The summed E-state index contributed by atoms with van der Waals surface area (Å²) >= 11 is 0. The van der Waals surface area contributed by atoms with Gasteiger partial charge < -0.3 is 10.5 Å². The minimum atomic E-state index is -0.504. The fraction of sp³-hybridized carbons (Fsp3) is 0.200. The molecule has 0 aliphatic heterocycles. The van der Waals surface area contributed by atoms with Gasteiger partial charge in [-0.2, -0.15) is 5.10 Å². The van der Waals surface area contributed by atoms with E-state index in [1.807, 2.05) is 31.4 Å². The van der Waals surface area contributed by atoms with E-state index >= 15 is 0 Å². The molecule has 0 fully saturated rings. The molecule has 1 aromatic heterocycles. The number of rotatable bonds is 8. The minimum absolute atomic E-state index is 0.137. The molecule has 1 heterocycles. The summed E-state index contributed by atoms with van der Waals surface area (Å²) in [6.45, 7) is 1.27. The van der Waals surface area contributed by atoms with Crippen LogP contribution in [0.2, 0.25) is 0 Å². The Labute approximate surface area is 157 Å². The van der Waals surface area contributed by atoms with E-state index in [-0.39, 0.29) is 12.4 Å². The van der Waals surface area contributed by atoms with Gasteiger partial charge >= 0.3 is 0 Å². The Morgan fingerprint density at radius 1 is 1.19 bits per heavy atom. The number of benzene rings is 2. The molecule has 0 bridgehead atoms. The second-order valence-corrected chi connectivity index (χ2v) is 6.34. The Morgan fingerprint density at radius 2 is 1.93 bits per heavy atom. The normalized spacial score (nSPS) is 10.9. The Kier molecular flexibility index (Phi) is 5.83. The second-order valence-electron chi connectivity index (χ2n) is 6.34. The van der Waals surface area contributed by atoms with E-state index in [2.05, 4.69) is 10.00 Å². The molecule has 3 aromatic rings. The average Bonchev–Trinajstić information content (AvgIpc) is 3.09. The lowest BCUT2D eigenvalue weighted by Crippen LogP contribution is -2.20. The predicted octanol–water partition coefficient (Wildman–Crippen LogP) is 2.51. The Morgan fingerprint density at radius 3 is 2.67 bits per heavy atom. The van der Waals surface area contributed by atoms with Gasteiger partial charge in [0.25, 0.3) is 5.91 Å². The molecule has 0 aliphatic rings. The molecule has 7 heteroatoms. The first kappa shape index (κ1) is 18.6. The second kappa shape index (κ2) is 8.46. The zero-order valence-corrected chi connectivity index (χ0v) is 15.0. The molecule has 3 rings (SSSR count). The lowest BCUT2D eigenvalue weighted by atomic mass is 10.2. The van der Waals surface area contributed by atoms with E-state index in [9.17, 15) is 9.18 Å². The van der Waals surface area contributed by atoms with E-state index in [0.29, 0.717) is 18.8 Å². The topological polar surface area (TPSA) is 73.4 Å². The number of hydrogen-bond donors (Lipinski definition) is 1. The van der Waals surface area contributed by atoms with Crippen LogP contribution < -0.4 is 10.5 Å². The highest BCUT2D eigenvalue weighted by atomic mass is 19.1. The van der Waals surface area contributed by atoms with Crippen LogP contribution in [-0.2, 0) is 17.9 Å². The zero-order valence-electron chi connectivity index (χ0n) is 15.0. The molecule has 0 saturated carbocycles. The van der Waals surface area contributed by atoms with Gasteiger partial charge in [-0.05, 0) is 49.0 Å². The summed E-state index contributed by atoms with van der Waals surface area (Å²) in [5.41, 5.74) is 8.01. The van der Waals surface area contributed by atoms with E-state index in [4.69, 9.17) is 10.5 Å². The molecule has 0 radical (unpaired) electrons. The lowest BCUT2D eigenvalue weighted by Gasteiger charge is -2.16. The van der Waals surface area contributed by atoms with Crippen molar-refractivity contribution in [2.75, 3.05) is 13.7 Å². The van der Waals surface area contributed by atoms with Crippen molar-refractivity contribution >= 4 is 5.91 Å². The molecule has 6 nitrogen and oxygen atoms in total. The van der Waals surface area contributed by atoms with Crippen molar-refractivity contribution in [2.24, 2.45) is 5.73 Å². The van der Waals surface area contributed by atoms with Crippen molar-refractivity contribution in [2.45, 2.75) is 13.1 Å². The Bertz CT molecular complexity index is 908. The highest BCUT2D eigenvalue weighted by Gasteiger charge is 2.07. The maximum Gasteiger partial charge on any atom is 0.255 e. The highest BCUT2D eigenvalue weighted by molar-refractivity contribution is 5.75. The van der Waals surface area contributed by atoms with Crippen molar-refractivity contribution in [1.82, 2.24) is 14.7 Å². The maximum atomic E-state index is 13.0. The SMILES string of the molecule is CN(Cc1cccc(OCC(N)=O)c1)Cc1cnn(-c2ccc(F)cc2)c1. The summed E-state index contributed by atoms with van der Waals surface area (Å²) in [5.74, 6) is -0.160. The molecule has 140 valence electrons. The smallest absolute Gasteiger partial charge is 0.255 e. The van der Waals surface area contributed by atoms with Gasteiger partial charge in [0.2, 0.25) is 0 Å². The summed E-state index contributed by atoms with van der Waals surface area (Å²) in [7, 11) is 2.01. The van der Waals surface area contributed by atoms with Gasteiger partial charge in [0.15, 0.2) is 6.61 Å². The van der Waals surface area contributed by atoms with Crippen LogP contribution in [0.4, 0.5) is 4.39 Å². The Balaban J connectivity index is 1.59. The van der Waals surface area contributed by atoms with Crippen LogP contribution in [0.1, 0.15) is 11.1 Å². The van der Waals surface area contributed by atoms with Crippen molar-refractivity contribution in [3.8, 4) is 11.4 Å². The average molecular weight is 368 g/mol. The molecular weight excluding hydrogens is 347 g/mol. The third kappa shape index (κ3) is 5.39. The van der Waals surface area contributed by atoms with Crippen LogP contribution in [0.5, 0.6) is 5.75 Å². The van der Waals surface area contributed by atoms with Gasteiger partial charge in [0, 0.05) is 24.8 Å². The third-order valence-electron chi connectivity index (χ3n) is 3.91. The van der Waals surface area contributed by atoms with Crippen molar-refractivity contribution < 1.29 is 13.9 Å². The summed E-state index contributed by atoms with van der Waals surface area (Å²) < 4.78 is 20.1. The number of nitrogens with zero attached hydrogens (tertiary/aromatic N) is 3. The molecule has 0 atom stereocenters. The molecule has 1 amide bonds. The van der Waals surface area contributed by atoms with E-state index in [1.165, 1.54) is 12.1 Å². The molecule has 27 heavy (non-hydrogen) atoms. The number of carbonyl (C=O) groups is 1. The molecule has 0 saturated heterocycles. The number of nitrogens with two attached hydrogens (primary N) is 1. The van der Waals surface area contributed by atoms with Crippen molar-refractivity contribution in [3.63, 3.8) is 0 Å². The minimum Gasteiger partial charge on any atom is -0.484 e. The van der Waals surface area contributed by atoms with Gasteiger partial charge in [-0.3, -0.25) is 9.69 Å². The molecule has 0 spiro atoms. The quantitative estimate of drug-likeness (QED) is 0.663. The van der Waals surface area contributed by atoms with Crippen molar-refractivity contribution in [1.29, 1.82) is 0 Å². The van der Waals surface area contributed by atoms with Gasteiger partial charge in [0.1, 0.15) is 11.6 Å². The Hall–Kier alpha value is -3.19. The number of amides is 1. The van der Waals surface area contributed by atoms with E-state index < -0.39 is 5.91 Å². The monoisotopic (exact) mass is 368 g/mol. The summed E-state index contributed by atoms with van der Waals surface area (Å²) in [5, 5.41) is 4.33. The number of primary amides is 1. The largest absolute Gasteiger partial charge is 0.484 e. The number of halogens is 1. The molecule has 0 unspecified atom stereocenters. The number of ether oxygens (including phenoxy) is 1. The first-order chi connectivity index (χ1) is 13.0. The number of carbonyl (C=O) groups excluding carboxylic acids is 1. The fourth-order valence-electron chi connectivity index (χ4n) is 2.74. The summed E-state index contributed by atoms with van der Waals surface area (Å²) in [6.07, 6.45) is 3.72. The van der Waals surface area contributed by atoms with E-state index in [0.717, 1.165) is 16.8 Å². The fourth-order valence-corrected chi connectivity index (χ4v) is 2.74. The standard InChI is InChI=1S/C20H21FN4O2/c1-24(11-15-3-2-4-19(9-15)27-14-20(22)26)12-16-10-23-25(13-16)18-7-5-17(21)6-8-18/h2-10,13H,11-12,14H2,1H3,(H2,22,26). The van der Waals surface area contributed by atoms with Crippen LogP contribution >= 0.6 is 0 Å². The zero-order chi connectivity index (χ0) is 19.2. The van der Waals surface area contributed by atoms with Gasteiger partial charge in [-0.15, -0.1) is 0 Å². The number of aromatic nitrogens is 2. The predicted molar refractivity (Wildman–Crippen MR) is 99.8 cm³/mol. The maximum absolute atomic E-state index is 13.0. The van der Waals surface area contributed by atoms with Crippen LogP contribution in [-0.4, -0.2) is 34.2 Å². The summed E-state index contributed by atoms with van der Waals surface area (Å²) in [4.78, 5) is 13.0. The number of hydrogen-bond acceptors (Lipinski definition) is 4. The summed E-state index contributed by atoms with van der Waals surface area (Å²) in [6, 6.07) is 13.8. The lowest BCUT2D eigenvalue weighted by molar-refractivity contribution is -0.119. The van der Waals surface area contributed by atoms with Gasteiger partial charge in [0.05, 0.1) is 11.9 Å². The first-order valence-electron chi connectivity index (χ1n) is 8.47. The van der Waals surface area contributed by atoms with Crippen LogP contribution in [0.3, 0.4) is 0 Å². The molecule has 0 aliphatic carbocycles. The molecule has 2 aromatic carbocycles.